The Labute approximate surface area is 117 Å². The number of hydrogen-bond acceptors (Lipinski definition) is 4. The fourth-order valence-corrected chi connectivity index (χ4v) is 2.31. The second kappa shape index (κ2) is 4.85. The zero-order valence-electron chi connectivity index (χ0n) is 11.5. The number of nitrogen functional groups attached to an aromatic ring is 1. The minimum atomic E-state index is 0.619. The van der Waals surface area contributed by atoms with Gasteiger partial charge in [0.15, 0.2) is 0 Å². The van der Waals surface area contributed by atoms with E-state index in [0.717, 1.165) is 34.7 Å². The zero-order valence-corrected chi connectivity index (χ0v) is 11.5. The molecule has 0 aliphatic rings. The van der Waals surface area contributed by atoms with Crippen LogP contribution in [0.15, 0.2) is 36.5 Å². The van der Waals surface area contributed by atoms with Crippen LogP contribution in [0.5, 0.6) is 5.88 Å². The maximum Gasteiger partial charge on any atom is 0.213 e. The highest BCUT2D eigenvalue weighted by Gasteiger charge is 2.08. The number of aryl methyl sites for hydroxylation is 1. The molecule has 2 N–H and O–H groups in total. The van der Waals surface area contributed by atoms with Gasteiger partial charge >= 0.3 is 0 Å². The van der Waals surface area contributed by atoms with Crippen LogP contribution in [0.1, 0.15) is 11.4 Å². The maximum atomic E-state index is 5.80. The molecule has 0 unspecified atom stereocenters. The summed E-state index contributed by atoms with van der Waals surface area (Å²) in [6.07, 6.45) is 1.75. The monoisotopic (exact) mass is 268 g/mol. The number of benzene rings is 1. The SMILES string of the molecule is COc1cc(Cn2c(C)nc3cc(N)ccc32)ccn1. The molecule has 20 heavy (non-hydrogen) atoms. The van der Waals surface area contributed by atoms with Gasteiger partial charge in [-0.3, -0.25) is 0 Å². The van der Waals surface area contributed by atoms with Crippen LogP contribution in [0.3, 0.4) is 0 Å². The summed E-state index contributed by atoms with van der Waals surface area (Å²) in [6, 6.07) is 9.70. The summed E-state index contributed by atoms with van der Waals surface area (Å²) in [7, 11) is 1.62. The second-order valence-corrected chi connectivity index (χ2v) is 4.70. The smallest absolute Gasteiger partial charge is 0.213 e. The lowest BCUT2D eigenvalue weighted by Gasteiger charge is -2.08. The molecule has 0 aliphatic heterocycles. The molecule has 0 radical (unpaired) electrons. The molecular weight excluding hydrogens is 252 g/mol. The standard InChI is InChI=1S/C15H16N4O/c1-10-18-13-8-12(16)3-4-14(13)19(10)9-11-5-6-17-15(7-11)20-2/h3-8H,9,16H2,1-2H3. The van der Waals surface area contributed by atoms with Gasteiger partial charge < -0.3 is 15.0 Å². The number of pyridine rings is 1. The molecule has 2 heterocycles. The number of aromatic nitrogens is 3. The molecule has 0 atom stereocenters. The number of ether oxygens (including phenoxy) is 1. The lowest BCUT2D eigenvalue weighted by atomic mass is 10.2. The molecule has 1 aromatic carbocycles. The van der Waals surface area contributed by atoms with E-state index in [-0.39, 0.29) is 0 Å². The zero-order chi connectivity index (χ0) is 14.1. The third-order valence-electron chi connectivity index (χ3n) is 3.31. The Bertz CT molecular complexity index is 764. The van der Waals surface area contributed by atoms with Gasteiger partial charge in [-0.15, -0.1) is 0 Å². The number of nitrogens with zero attached hydrogens (tertiary/aromatic N) is 3. The minimum Gasteiger partial charge on any atom is -0.481 e. The maximum absolute atomic E-state index is 5.80. The second-order valence-electron chi connectivity index (χ2n) is 4.70. The molecule has 3 aromatic rings. The predicted molar refractivity (Wildman–Crippen MR) is 78.8 cm³/mol. The Balaban J connectivity index is 2.03. The summed E-state index contributed by atoms with van der Waals surface area (Å²) in [5, 5.41) is 0. The average molecular weight is 268 g/mol. The van der Waals surface area contributed by atoms with Gasteiger partial charge in [0, 0.05) is 24.5 Å². The van der Waals surface area contributed by atoms with Crippen LogP contribution in [0.4, 0.5) is 5.69 Å². The first kappa shape index (κ1) is 12.5. The molecule has 0 spiro atoms. The van der Waals surface area contributed by atoms with Crippen molar-refractivity contribution in [1.82, 2.24) is 14.5 Å². The van der Waals surface area contributed by atoms with Crippen molar-refractivity contribution in [3.05, 3.63) is 47.9 Å². The Kier molecular flexibility index (Phi) is 3.02. The van der Waals surface area contributed by atoms with Crippen molar-refractivity contribution in [3.63, 3.8) is 0 Å². The average Bonchev–Trinajstić information content (AvgIpc) is 2.74. The highest BCUT2D eigenvalue weighted by Crippen LogP contribution is 2.20. The Morgan fingerprint density at radius 1 is 1.25 bits per heavy atom. The van der Waals surface area contributed by atoms with Crippen molar-refractivity contribution in [3.8, 4) is 5.88 Å². The van der Waals surface area contributed by atoms with E-state index >= 15 is 0 Å². The largest absolute Gasteiger partial charge is 0.481 e. The van der Waals surface area contributed by atoms with Crippen molar-refractivity contribution in [2.75, 3.05) is 12.8 Å². The minimum absolute atomic E-state index is 0.619. The number of rotatable bonds is 3. The Morgan fingerprint density at radius 3 is 2.90 bits per heavy atom. The van der Waals surface area contributed by atoms with Gasteiger partial charge in [0.2, 0.25) is 5.88 Å². The van der Waals surface area contributed by atoms with Crippen LogP contribution in [0.2, 0.25) is 0 Å². The van der Waals surface area contributed by atoms with Crippen molar-refractivity contribution in [1.29, 1.82) is 0 Å². The molecule has 0 saturated carbocycles. The summed E-state index contributed by atoms with van der Waals surface area (Å²) in [5.74, 6) is 1.58. The summed E-state index contributed by atoms with van der Waals surface area (Å²) < 4.78 is 7.31. The third kappa shape index (κ3) is 2.18. The van der Waals surface area contributed by atoms with E-state index in [1.165, 1.54) is 0 Å². The van der Waals surface area contributed by atoms with E-state index in [2.05, 4.69) is 14.5 Å². The molecule has 0 bridgehead atoms. The van der Waals surface area contributed by atoms with Crippen LogP contribution in [-0.2, 0) is 6.54 Å². The number of methoxy groups -OCH3 is 1. The molecule has 5 heteroatoms. The van der Waals surface area contributed by atoms with Crippen molar-refractivity contribution in [2.24, 2.45) is 0 Å². The van der Waals surface area contributed by atoms with Crippen molar-refractivity contribution >= 4 is 16.7 Å². The van der Waals surface area contributed by atoms with Gasteiger partial charge in [-0.25, -0.2) is 9.97 Å². The van der Waals surface area contributed by atoms with E-state index in [1.54, 1.807) is 13.3 Å². The van der Waals surface area contributed by atoms with Crippen LogP contribution < -0.4 is 10.5 Å². The quantitative estimate of drug-likeness (QED) is 0.741. The number of imidazole rings is 1. The van der Waals surface area contributed by atoms with Gasteiger partial charge in [-0.1, -0.05) is 0 Å². The topological polar surface area (TPSA) is 66.0 Å². The van der Waals surface area contributed by atoms with Gasteiger partial charge in [0.05, 0.1) is 18.1 Å². The fourth-order valence-electron chi connectivity index (χ4n) is 2.31. The number of anilines is 1. The molecule has 2 aromatic heterocycles. The molecule has 0 aliphatic carbocycles. The summed E-state index contributed by atoms with van der Waals surface area (Å²) in [6.45, 7) is 2.72. The molecular formula is C15H16N4O. The van der Waals surface area contributed by atoms with Crippen LogP contribution in [-0.4, -0.2) is 21.6 Å². The third-order valence-corrected chi connectivity index (χ3v) is 3.31. The predicted octanol–water partition coefficient (Wildman–Crippen LogP) is 2.38. The number of hydrogen-bond donors (Lipinski definition) is 1. The number of fused-ring (bicyclic) bond motifs is 1. The van der Waals surface area contributed by atoms with Crippen molar-refractivity contribution < 1.29 is 4.74 Å². The summed E-state index contributed by atoms with van der Waals surface area (Å²) in [4.78, 5) is 8.67. The van der Waals surface area contributed by atoms with E-state index in [4.69, 9.17) is 10.5 Å². The van der Waals surface area contributed by atoms with E-state index in [9.17, 15) is 0 Å². The molecule has 0 amide bonds. The molecule has 102 valence electrons. The first-order chi connectivity index (χ1) is 9.67. The molecule has 0 fully saturated rings. The van der Waals surface area contributed by atoms with Gasteiger partial charge in [-0.2, -0.15) is 0 Å². The van der Waals surface area contributed by atoms with Crippen molar-refractivity contribution in [2.45, 2.75) is 13.5 Å². The van der Waals surface area contributed by atoms with Gasteiger partial charge in [0.25, 0.3) is 0 Å². The van der Waals surface area contributed by atoms with Gasteiger partial charge in [-0.05, 0) is 36.8 Å². The van der Waals surface area contributed by atoms with Crippen LogP contribution in [0.25, 0.3) is 11.0 Å². The molecule has 0 saturated heterocycles. The Morgan fingerprint density at radius 2 is 2.10 bits per heavy atom. The van der Waals surface area contributed by atoms with Crippen LogP contribution in [0, 0.1) is 6.92 Å². The lowest BCUT2D eigenvalue weighted by Crippen LogP contribution is -2.02. The normalized spacial score (nSPS) is 10.9. The van der Waals surface area contributed by atoms with E-state index in [1.807, 2.05) is 37.3 Å². The molecule has 5 nitrogen and oxygen atoms in total. The number of nitrogens with two attached hydrogens (primary N) is 1. The highest BCUT2D eigenvalue weighted by molar-refractivity contribution is 5.79. The van der Waals surface area contributed by atoms with Gasteiger partial charge in [0.1, 0.15) is 5.82 Å². The lowest BCUT2D eigenvalue weighted by molar-refractivity contribution is 0.397. The van der Waals surface area contributed by atoms with Crippen LogP contribution >= 0.6 is 0 Å². The highest BCUT2D eigenvalue weighted by atomic mass is 16.5. The van der Waals surface area contributed by atoms with E-state index < -0.39 is 0 Å². The summed E-state index contributed by atoms with van der Waals surface area (Å²) >= 11 is 0. The fraction of sp³-hybridized carbons (Fsp3) is 0.200. The Hall–Kier alpha value is -2.56. The first-order valence-electron chi connectivity index (χ1n) is 6.38. The first-order valence-corrected chi connectivity index (χ1v) is 6.38. The summed E-state index contributed by atoms with van der Waals surface area (Å²) in [5.41, 5.74) is 9.65. The molecule has 3 rings (SSSR count). The van der Waals surface area contributed by atoms with E-state index in [0.29, 0.717) is 5.88 Å².